The highest BCUT2D eigenvalue weighted by Crippen LogP contribution is 2.22. The van der Waals surface area contributed by atoms with Crippen LogP contribution in [0.1, 0.15) is 11.3 Å². The summed E-state index contributed by atoms with van der Waals surface area (Å²) in [5.41, 5.74) is 1.64. The van der Waals surface area contributed by atoms with Gasteiger partial charge in [0.1, 0.15) is 0 Å². The van der Waals surface area contributed by atoms with Crippen molar-refractivity contribution >= 4 is 27.3 Å². The van der Waals surface area contributed by atoms with Gasteiger partial charge in [0.05, 0.1) is 23.4 Å². The van der Waals surface area contributed by atoms with Gasteiger partial charge in [-0.2, -0.15) is 0 Å². The van der Waals surface area contributed by atoms with Crippen molar-refractivity contribution in [2.24, 2.45) is 0 Å². The normalized spacial score (nSPS) is 11.3. The number of aliphatic hydroxyl groups is 1. The Hall–Kier alpha value is -1.63. The quantitative estimate of drug-likeness (QED) is 0.908. The van der Waals surface area contributed by atoms with Crippen LogP contribution in [-0.4, -0.2) is 18.5 Å². The largest absolute Gasteiger partial charge is 0.392 e. The van der Waals surface area contributed by atoms with E-state index in [1.165, 1.54) is 24.4 Å². The van der Waals surface area contributed by atoms with Crippen molar-refractivity contribution in [3.05, 3.63) is 52.8 Å². The molecule has 1 aromatic heterocycles. The number of aromatic nitrogens is 1. The second-order valence-electron chi connectivity index (χ2n) is 4.21. The highest BCUT2D eigenvalue weighted by Gasteiger charge is 2.15. The minimum absolute atomic E-state index is 0.0280. The van der Waals surface area contributed by atoms with E-state index in [-0.39, 0.29) is 16.5 Å². The fraction of sp³-hybridized carbons (Fsp3) is 0.154. The van der Waals surface area contributed by atoms with Gasteiger partial charge in [-0.1, -0.05) is 17.7 Å². The molecule has 0 saturated heterocycles. The number of benzene rings is 1. The second-order valence-corrected chi connectivity index (χ2v) is 6.29. The van der Waals surface area contributed by atoms with Crippen LogP contribution in [0.3, 0.4) is 0 Å². The van der Waals surface area contributed by atoms with Crippen LogP contribution >= 0.6 is 11.6 Å². The van der Waals surface area contributed by atoms with E-state index in [9.17, 15) is 8.42 Å². The monoisotopic (exact) mass is 312 g/mol. The third-order valence-electron chi connectivity index (χ3n) is 2.67. The number of anilines is 1. The number of nitrogens with one attached hydrogen (secondary N) is 1. The minimum Gasteiger partial charge on any atom is -0.392 e. The molecule has 0 bridgehead atoms. The lowest BCUT2D eigenvalue weighted by atomic mass is 10.2. The number of sulfonamides is 1. The Balaban J connectivity index is 2.30. The first-order valence-corrected chi connectivity index (χ1v) is 7.63. The molecule has 106 valence electrons. The van der Waals surface area contributed by atoms with Crippen LogP contribution in [0.25, 0.3) is 0 Å². The van der Waals surface area contributed by atoms with Crippen LogP contribution in [0.5, 0.6) is 0 Å². The number of nitrogens with zero attached hydrogens (tertiary/aromatic N) is 1. The molecule has 0 atom stereocenters. The van der Waals surface area contributed by atoms with E-state index in [4.69, 9.17) is 16.7 Å². The number of rotatable bonds is 4. The first-order chi connectivity index (χ1) is 9.42. The van der Waals surface area contributed by atoms with Gasteiger partial charge in [-0.15, -0.1) is 0 Å². The van der Waals surface area contributed by atoms with E-state index in [1.54, 1.807) is 12.1 Å². The van der Waals surface area contributed by atoms with Crippen LogP contribution in [0, 0.1) is 6.92 Å². The summed E-state index contributed by atoms with van der Waals surface area (Å²) in [6.45, 7) is 1.57. The Morgan fingerprint density at radius 1 is 1.30 bits per heavy atom. The van der Waals surface area contributed by atoms with Gasteiger partial charge >= 0.3 is 0 Å². The van der Waals surface area contributed by atoms with Crippen LogP contribution in [0.2, 0.25) is 5.02 Å². The van der Waals surface area contributed by atoms with Crippen molar-refractivity contribution in [1.82, 2.24) is 4.98 Å². The van der Waals surface area contributed by atoms with Crippen molar-refractivity contribution in [2.75, 3.05) is 4.72 Å². The summed E-state index contributed by atoms with van der Waals surface area (Å²) in [7, 11) is -3.73. The van der Waals surface area contributed by atoms with E-state index in [0.29, 0.717) is 11.3 Å². The smallest absolute Gasteiger partial charge is 0.261 e. The van der Waals surface area contributed by atoms with E-state index in [0.717, 1.165) is 5.69 Å². The fourth-order valence-corrected chi connectivity index (χ4v) is 2.94. The van der Waals surface area contributed by atoms with Crippen LogP contribution in [0.15, 0.2) is 41.4 Å². The number of hydrogen-bond acceptors (Lipinski definition) is 4. The number of pyridine rings is 1. The van der Waals surface area contributed by atoms with Crippen LogP contribution in [-0.2, 0) is 16.6 Å². The van der Waals surface area contributed by atoms with E-state index in [1.807, 2.05) is 6.92 Å². The van der Waals surface area contributed by atoms with Crippen molar-refractivity contribution in [2.45, 2.75) is 18.4 Å². The van der Waals surface area contributed by atoms with Gasteiger partial charge in [0, 0.05) is 10.7 Å². The first kappa shape index (κ1) is 14.8. The minimum atomic E-state index is -3.73. The summed E-state index contributed by atoms with van der Waals surface area (Å²) in [6, 6.07) is 7.51. The van der Waals surface area contributed by atoms with Gasteiger partial charge in [-0.3, -0.25) is 9.71 Å². The average molecular weight is 313 g/mol. The fourth-order valence-electron chi connectivity index (χ4n) is 1.57. The standard InChI is InChI=1S/C13H13ClN2O3S/c1-9-2-4-11(7-15-9)16-20(18,19)12-5-3-10(8-17)13(14)6-12/h2-7,16-17H,8H2,1H3. The molecule has 5 nitrogen and oxygen atoms in total. The topological polar surface area (TPSA) is 79.3 Å². The van der Waals surface area contributed by atoms with Gasteiger partial charge in [0.15, 0.2) is 0 Å². The molecule has 0 unspecified atom stereocenters. The van der Waals surface area contributed by atoms with E-state index >= 15 is 0 Å². The summed E-state index contributed by atoms with van der Waals surface area (Å²) in [5, 5.41) is 9.22. The molecule has 2 rings (SSSR count). The molecule has 0 radical (unpaired) electrons. The molecule has 2 aromatic rings. The maximum Gasteiger partial charge on any atom is 0.261 e. The highest BCUT2D eigenvalue weighted by atomic mass is 35.5. The molecule has 0 fully saturated rings. The Bertz CT molecular complexity index is 715. The summed E-state index contributed by atoms with van der Waals surface area (Å²) in [4.78, 5) is 4.04. The molecule has 0 aliphatic heterocycles. The maximum atomic E-state index is 12.2. The molecule has 20 heavy (non-hydrogen) atoms. The Morgan fingerprint density at radius 2 is 2.05 bits per heavy atom. The summed E-state index contributed by atoms with van der Waals surface area (Å²) in [5.74, 6) is 0. The van der Waals surface area contributed by atoms with Crippen molar-refractivity contribution in [3.63, 3.8) is 0 Å². The Kier molecular flexibility index (Phi) is 4.27. The molecular formula is C13H13ClN2O3S. The zero-order valence-corrected chi connectivity index (χ0v) is 12.2. The second kappa shape index (κ2) is 5.78. The predicted molar refractivity (Wildman–Crippen MR) is 77.2 cm³/mol. The van der Waals surface area contributed by atoms with Crippen LogP contribution < -0.4 is 4.72 Å². The zero-order chi connectivity index (χ0) is 14.8. The van der Waals surface area contributed by atoms with Gasteiger partial charge < -0.3 is 5.11 Å². The number of hydrogen-bond donors (Lipinski definition) is 2. The van der Waals surface area contributed by atoms with Crippen molar-refractivity contribution < 1.29 is 13.5 Å². The molecule has 2 N–H and O–H groups in total. The molecule has 0 aliphatic carbocycles. The summed E-state index contributed by atoms with van der Waals surface area (Å²) >= 11 is 5.89. The molecule has 0 aliphatic rings. The zero-order valence-electron chi connectivity index (χ0n) is 10.7. The molecule has 1 aromatic carbocycles. The maximum absolute atomic E-state index is 12.2. The van der Waals surface area contributed by atoms with Gasteiger partial charge in [0.25, 0.3) is 10.0 Å². The third-order valence-corrected chi connectivity index (χ3v) is 4.40. The van der Waals surface area contributed by atoms with Crippen molar-refractivity contribution in [1.29, 1.82) is 0 Å². The van der Waals surface area contributed by atoms with E-state index in [2.05, 4.69) is 9.71 Å². The number of aryl methyl sites for hydroxylation is 1. The molecule has 0 amide bonds. The lowest BCUT2D eigenvalue weighted by molar-refractivity contribution is 0.282. The SMILES string of the molecule is Cc1ccc(NS(=O)(=O)c2ccc(CO)c(Cl)c2)cn1. The Morgan fingerprint density at radius 3 is 2.60 bits per heavy atom. The average Bonchev–Trinajstić information content (AvgIpc) is 2.41. The summed E-state index contributed by atoms with van der Waals surface area (Å²) < 4.78 is 26.8. The molecule has 7 heteroatoms. The molecule has 1 heterocycles. The molecule has 0 spiro atoms. The van der Waals surface area contributed by atoms with Gasteiger partial charge in [0.2, 0.25) is 0 Å². The molecular weight excluding hydrogens is 300 g/mol. The Labute approximate surface area is 122 Å². The van der Waals surface area contributed by atoms with Crippen molar-refractivity contribution in [3.8, 4) is 0 Å². The first-order valence-electron chi connectivity index (χ1n) is 5.77. The van der Waals surface area contributed by atoms with E-state index < -0.39 is 10.0 Å². The lowest BCUT2D eigenvalue weighted by Crippen LogP contribution is -2.13. The lowest BCUT2D eigenvalue weighted by Gasteiger charge is -2.09. The van der Waals surface area contributed by atoms with Crippen LogP contribution in [0.4, 0.5) is 5.69 Å². The third kappa shape index (κ3) is 3.27. The predicted octanol–water partition coefficient (Wildman–Crippen LogP) is 2.34. The number of halogens is 1. The molecule has 0 saturated carbocycles. The summed E-state index contributed by atoms with van der Waals surface area (Å²) in [6.07, 6.45) is 1.44. The highest BCUT2D eigenvalue weighted by molar-refractivity contribution is 7.92. The van der Waals surface area contributed by atoms with Gasteiger partial charge in [-0.05, 0) is 36.8 Å². The van der Waals surface area contributed by atoms with Gasteiger partial charge in [-0.25, -0.2) is 8.42 Å². The number of aliphatic hydroxyl groups excluding tert-OH is 1.